The summed E-state index contributed by atoms with van der Waals surface area (Å²) >= 11 is 8.53. The standard InChI is InChI=1S/C14H10BrFN2OS/c1-19-9-4-2-3-8(5-9)18-13-6-10(15)11(16)7-12(13)17-14(18)20/h2-7H,1H3,(H,17,20). The van der Waals surface area contributed by atoms with E-state index in [1.165, 1.54) is 6.07 Å². The summed E-state index contributed by atoms with van der Waals surface area (Å²) in [6, 6.07) is 10.7. The van der Waals surface area contributed by atoms with Crippen molar-refractivity contribution in [1.29, 1.82) is 0 Å². The quantitative estimate of drug-likeness (QED) is 0.683. The lowest BCUT2D eigenvalue weighted by atomic mass is 10.2. The van der Waals surface area contributed by atoms with Crippen molar-refractivity contribution in [3.63, 3.8) is 0 Å². The summed E-state index contributed by atoms with van der Waals surface area (Å²) in [7, 11) is 1.61. The molecule has 2 aromatic carbocycles. The molecule has 1 aromatic heterocycles. The Hall–Kier alpha value is -1.66. The van der Waals surface area contributed by atoms with Gasteiger partial charge in [0.2, 0.25) is 0 Å². The van der Waals surface area contributed by atoms with Crippen molar-refractivity contribution in [2.24, 2.45) is 0 Å². The summed E-state index contributed by atoms with van der Waals surface area (Å²) in [6.45, 7) is 0. The highest BCUT2D eigenvalue weighted by Gasteiger charge is 2.10. The third-order valence-corrected chi connectivity index (χ3v) is 3.93. The predicted octanol–water partition coefficient (Wildman–Crippen LogP) is 4.60. The van der Waals surface area contributed by atoms with E-state index in [9.17, 15) is 4.39 Å². The van der Waals surface area contributed by atoms with Crippen LogP contribution in [0.15, 0.2) is 40.9 Å². The first-order chi connectivity index (χ1) is 9.60. The van der Waals surface area contributed by atoms with Crippen LogP contribution in [0.1, 0.15) is 0 Å². The molecular weight excluding hydrogens is 343 g/mol. The summed E-state index contributed by atoms with van der Waals surface area (Å²) in [5.41, 5.74) is 2.31. The summed E-state index contributed by atoms with van der Waals surface area (Å²) < 4.78 is 21.6. The second-order valence-electron chi connectivity index (χ2n) is 4.25. The van der Waals surface area contributed by atoms with E-state index in [0.29, 0.717) is 14.8 Å². The van der Waals surface area contributed by atoms with Crippen LogP contribution in [0.25, 0.3) is 16.7 Å². The normalized spacial score (nSPS) is 10.9. The van der Waals surface area contributed by atoms with Gasteiger partial charge in [-0.05, 0) is 46.3 Å². The largest absolute Gasteiger partial charge is 0.497 e. The molecule has 0 unspecified atom stereocenters. The molecule has 0 atom stereocenters. The number of halogens is 2. The number of nitrogens with one attached hydrogen (secondary N) is 1. The number of H-pyrrole nitrogens is 1. The fourth-order valence-corrected chi connectivity index (χ4v) is 2.75. The summed E-state index contributed by atoms with van der Waals surface area (Å²) in [5, 5.41) is 0. The van der Waals surface area contributed by atoms with E-state index >= 15 is 0 Å². The highest BCUT2D eigenvalue weighted by atomic mass is 79.9. The molecule has 0 spiro atoms. The number of nitrogens with zero attached hydrogens (tertiary/aromatic N) is 1. The number of methoxy groups -OCH3 is 1. The van der Waals surface area contributed by atoms with Gasteiger partial charge in [0.15, 0.2) is 4.77 Å². The van der Waals surface area contributed by atoms with E-state index in [2.05, 4.69) is 20.9 Å². The van der Waals surface area contributed by atoms with Gasteiger partial charge in [-0.2, -0.15) is 0 Å². The molecule has 3 aromatic rings. The number of hydrogen-bond acceptors (Lipinski definition) is 2. The van der Waals surface area contributed by atoms with E-state index in [0.717, 1.165) is 17.0 Å². The van der Waals surface area contributed by atoms with E-state index < -0.39 is 0 Å². The first-order valence-corrected chi connectivity index (χ1v) is 7.04. The van der Waals surface area contributed by atoms with Crippen LogP contribution in [-0.2, 0) is 0 Å². The van der Waals surface area contributed by atoms with Gasteiger partial charge in [0, 0.05) is 12.1 Å². The number of aromatic amines is 1. The topological polar surface area (TPSA) is 29.9 Å². The van der Waals surface area contributed by atoms with Crippen LogP contribution in [-0.4, -0.2) is 16.7 Å². The fraction of sp³-hybridized carbons (Fsp3) is 0.0714. The summed E-state index contributed by atoms with van der Waals surface area (Å²) in [5.74, 6) is 0.409. The van der Waals surface area contributed by atoms with Crippen molar-refractivity contribution < 1.29 is 9.13 Å². The van der Waals surface area contributed by atoms with Gasteiger partial charge in [-0.15, -0.1) is 0 Å². The average Bonchev–Trinajstić information content (AvgIpc) is 2.74. The number of benzene rings is 2. The van der Waals surface area contributed by atoms with Crippen LogP contribution in [0.2, 0.25) is 0 Å². The molecule has 1 N–H and O–H groups in total. The average molecular weight is 353 g/mol. The van der Waals surface area contributed by atoms with E-state index in [1.54, 1.807) is 13.2 Å². The van der Waals surface area contributed by atoms with E-state index in [1.807, 2.05) is 28.8 Å². The fourth-order valence-electron chi connectivity index (χ4n) is 2.11. The van der Waals surface area contributed by atoms with Gasteiger partial charge in [0.05, 0.1) is 28.3 Å². The Morgan fingerprint density at radius 3 is 2.85 bits per heavy atom. The first-order valence-electron chi connectivity index (χ1n) is 5.84. The lowest BCUT2D eigenvalue weighted by Crippen LogP contribution is -1.95. The maximum Gasteiger partial charge on any atom is 0.182 e. The van der Waals surface area contributed by atoms with Crippen molar-refractivity contribution in [3.05, 3.63) is 51.5 Å². The number of ether oxygens (including phenoxy) is 1. The lowest BCUT2D eigenvalue weighted by Gasteiger charge is -2.07. The Balaban J connectivity index is 2.32. The maximum absolute atomic E-state index is 13.6. The molecule has 0 aliphatic carbocycles. The van der Waals surface area contributed by atoms with Crippen molar-refractivity contribution in [2.75, 3.05) is 7.11 Å². The Bertz CT molecular complexity index is 856. The minimum Gasteiger partial charge on any atom is -0.497 e. The highest BCUT2D eigenvalue weighted by Crippen LogP contribution is 2.26. The van der Waals surface area contributed by atoms with Crippen molar-refractivity contribution in [2.45, 2.75) is 0 Å². The molecule has 3 rings (SSSR count). The van der Waals surface area contributed by atoms with Gasteiger partial charge in [-0.1, -0.05) is 6.07 Å². The SMILES string of the molecule is COc1cccc(-n2c(=S)[nH]c3cc(F)c(Br)cc32)c1. The Labute approximate surface area is 128 Å². The molecule has 0 aliphatic rings. The first kappa shape index (κ1) is 13.3. The number of fused-ring (bicyclic) bond motifs is 1. The van der Waals surface area contributed by atoms with E-state index in [-0.39, 0.29) is 5.82 Å². The molecule has 0 saturated heterocycles. The second kappa shape index (κ2) is 5.03. The zero-order chi connectivity index (χ0) is 14.3. The molecule has 6 heteroatoms. The molecule has 0 saturated carbocycles. The van der Waals surface area contributed by atoms with Crippen LogP contribution in [0, 0.1) is 10.6 Å². The van der Waals surface area contributed by atoms with Crippen LogP contribution < -0.4 is 4.74 Å². The Morgan fingerprint density at radius 1 is 1.30 bits per heavy atom. The molecule has 0 bridgehead atoms. The second-order valence-corrected chi connectivity index (χ2v) is 5.49. The predicted molar refractivity (Wildman–Crippen MR) is 82.7 cm³/mol. The number of rotatable bonds is 2. The maximum atomic E-state index is 13.6. The molecule has 0 fully saturated rings. The molecule has 0 radical (unpaired) electrons. The number of hydrogen-bond donors (Lipinski definition) is 1. The van der Waals surface area contributed by atoms with Crippen molar-refractivity contribution in [1.82, 2.24) is 9.55 Å². The van der Waals surface area contributed by atoms with Crippen molar-refractivity contribution >= 4 is 39.2 Å². The van der Waals surface area contributed by atoms with Crippen LogP contribution in [0.5, 0.6) is 5.75 Å². The summed E-state index contributed by atoms with van der Waals surface area (Å²) in [4.78, 5) is 3.01. The molecule has 0 amide bonds. The third kappa shape index (κ3) is 2.14. The zero-order valence-corrected chi connectivity index (χ0v) is 12.9. The Kier molecular flexibility index (Phi) is 3.35. The molecular formula is C14H10BrFN2OS. The third-order valence-electron chi connectivity index (χ3n) is 3.04. The van der Waals surface area contributed by atoms with E-state index in [4.69, 9.17) is 17.0 Å². The molecule has 102 valence electrons. The summed E-state index contributed by atoms with van der Waals surface area (Å²) in [6.07, 6.45) is 0. The minimum atomic E-state index is -0.327. The molecule has 3 nitrogen and oxygen atoms in total. The monoisotopic (exact) mass is 352 g/mol. The van der Waals surface area contributed by atoms with Crippen LogP contribution >= 0.6 is 28.1 Å². The van der Waals surface area contributed by atoms with Gasteiger partial charge < -0.3 is 9.72 Å². The highest BCUT2D eigenvalue weighted by molar-refractivity contribution is 9.10. The number of aromatic nitrogens is 2. The van der Waals surface area contributed by atoms with Gasteiger partial charge in [-0.3, -0.25) is 4.57 Å². The number of imidazole rings is 1. The van der Waals surface area contributed by atoms with Gasteiger partial charge in [0.25, 0.3) is 0 Å². The lowest BCUT2D eigenvalue weighted by molar-refractivity contribution is 0.414. The van der Waals surface area contributed by atoms with Crippen molar-refractivity contribution in [3.8, 4) is 11.4 Å². The van der Waals surface area contributed by atoms with Crippen LogP contribution in [0.3, 0.4) is 0 Å². The van der Waals surface area contributed by atoms with Crippen LogP contribution in [0.4, 0.5) is 4.39 Å². The van der Waals surface area contributed by atoms with Gasteiger partial charge >= 0.3 is 0 Å². The Morgan fingerprint density at radius 2 is 2.10 bits per heavy atom. The minimum absolute atomic E-state index is 0.327. The molecule has 20 heavy (non-hydrogen) atoms. The van der Waals surface area contributed by atoms with Gasteiger partial charge in [-0.25, -0.2) is 4.39 Å². The smallest absolute Gasteiger partial charge is 0.182 e. The molecule has 0 aliphatic heterocycles. The molecule has 1 heterocycles. The zero-order valence-electron chi connectivity index (χ0n) is 10.5. The van der Waals surface area contributed by atoms with Gasteiger partial charge in [0.1, 0.15) is 11.6 Å².